The van der Waals surface area contributed by atoms with Crippen molar-refractivity contribution >= 4 is 27.5 Å². The Labute approximate surface area is 121 Å². The normalized spacial score (nSPS) is 13.2. The van der Waals surface area contributed by atoms with Crippen LogP contribution in [-0.4, -0.2) is 31.4 Å². The van der Waals surface area contributed by atoms with E-state index >= 15 is 0 Å². The lowest BCUT2D eigenvalue weighted by atomic mass is 10.3. The lowest BCUT2D eigenvalue weighted by Gasteiger charge is -2.15. The number of nitrogens with zero attached hydrogens (tertiary/aromatic N) is 1. The number of hydrogen-bond acceptors (Lipinski definition) is 5. The SMILES string of the molecule is CCC(CSC)NS(=O)(=O)c1ccc([N+](=O)[O-])c(F)c1. The Hall–Kier alpha value is -1.19. The van der Waals surface area contributed by atoms with E-state index in [2.05, 4.69) is 4.72 Å². The maximum absolute atomic E-state index is 13.5. The number of halogens is 1. The minimum Gasteiger partial charge on any atom is -0.258 e. The third kappa shape index (κ3) is 4.15. The fourth-order valence-electron chi connectivity index (χ4n) is 1.53. The molecule has 0 aliphatic rings. The van der Waals surface area contributed by atoms with Gasteiger partial charge in [0.1, 0.15) is 0 Å². The van der Waals surface area contributed by atoms with Crippen LogP contribution >= 0.6 is 11.8 Å². The average molecular weight is 322 g/mol. The highest BCUT2D eigenvalue weighted by molar-refractivity contribution is 7.98. The van der Waals surface area contributed by atoms with Crippen molar-refractivity contribution in [2.75, 3.05) is 12.0 Å². The number of thioether (sulfide) groups is 1. The summed E-state index contributed by atoms with van der Waals surface area (Å²) in [4.78, 5) is 9.27. The number of benzene rings is 1. The third-order valence-corrected chi connectivity index (χ3v) is 4.86. The minimum atomic E-state index is -3.88. The van der Waals surface area contributed by atoms with Gasteiger partial charge >= 0.3 is 5.69 Å². The van der Waals surface area contributed by atoms with Gasteiger partial charge in [-0.1, -0.05) is 6.92 Å². The molecule has 0 amide bonds. The Balaban J connectivity index is 3.04. The Morgan fingerprint density at radius 3 is 2.60 bits per heavy atom. The lowest BCUT2D eigenvalue weighted by Crippen LogP contribution is -2.36. The molecular weight excluding hydrogens is 307 g/mol. The molecule has 20 heavy (non-hydrogen) atoms. The molecule has 1 N–H and O–H groups in total. The smallest absolute Gasteiger partial charge is 0.258 e. The molecule has 1 atom stereocenters. The second kappa shape index (κ2) is 7.00. The molecule has 0 heterocycles. The maximum atomic E-state index is 13.5. The molecular formula is C11H15FN2O4S2. The molecule has 0 spiro atoms. The summed E-state index contributed by atoms with van der Waals surface area (Å²) in [6.45, 7) is 1.83. The second-order valence-corrected chi connectivity index (χ2v) is 6.68. The average Bonchev–Trinajstić information content (AvgIpc) is 2.37. The van der Waals surface area contributed by atoms with Crippen LogP contribution in [0, 0.1) is 15.9 Å². The van der Waals surface area contributed by atoms with Gasteiger partial charge in [0.05, 0.1) is 9.82 Å². The fourth-order valence-corrected chi connectivity index (χ4v) is 3.68. The zero-order chi connectivity index (χ0) is 15.3. The highest BCUT2D eigenvalue weighted by atomic mass is 32.2. The Kier molecular flexibility index (Phi) is 5.90. The van der Waals surface area contributed by atoms with Gasteiger partial charge in [0.15, 0.2) is 0 Å². The predicted octanol–water partition coefficient (Wildman–Crippen LogP) is 2.15. The minimum absolute atomic E-state index is 0.270. The van der Waals surface area contributed by atoms with Gasteiger partial charge in [0.2, 0.25) is 15.8 Å². The highest BCUT2D eigenvalue weighted by Crippen LogP contribution is 2.21. The number of sulfonamides is 1. The Morgan fingerprint density at radius 2 is 2.15 bits per heavy atom. The topological polar surface area (TPSA) is 89.3 Å². The molecule has 0 aliphatic heterocycles. The Morgan fingerprint density at radius 1 is 1.50 bits per heavy atom. The maximum Gasteiger partial charge on any atom is 0.304 e. The summed E-state index contributed by atoms with van der Waals surface area (Å²) in [6.07, 6.45) is 2.44. The zero-order valence-corrected chi connectivity index (χ0v) is 12.6. The molecule has 1 unspecified atom stereocenters. The lowest BCUT2D eigenvalue weighted by molar-refractivity contribution is -0.387. The van der Waals surface area contributed by atoms with Crippen LogP contribution in [0.4, 0.5) is 10.1 Å². The predicted molar refractivity (Wildman–Crippen MR) is 75.8 cm³/mol. The van der Waals surface area contributed by atoms with E-state index in [1.807, 2.05) is 13.2 Å². The van der Waals surface area contributed by atoms with Gasteiger partial charge in [-0.25, -0.2) is 13.1 Å². The monoisotopic (exact) mass is 322 g/mol. The van der Waals surface area contributed by atoms with E-state index in [4.69, 9.17) is 0 Å². The highest BCUT2D eigenvalue weighted by Gasteiger charge is 2.22. The summed E-state index contributed by atoms with van der Waals surface area (Å²) in [5, 5.41) is 10.5. The summed E-state index contributed by atoms with van der Waals surface area (Å²) in [5.41, 5.74) is -0.750. The van der Waals surface area contributed by atoms with E-state index in [0.717, 1.165) is 12.1 Å². The fraction of sp³-hybridized carbons (Fsp3) is 0.455. The molecule has 0 fully saturated rings. The first kappa shape index (κ1) is 16.9. The van der Waals surface area contributed by atoms with Gasteiger partial charge in [-0.2, -0.15) is 16.2 Å². The van der Waals surface area contributed by atoms with Crippen LogP contribution in [0.15, 0.2) is 23.1 Å². The molecule has 9 heteroatoms. The van der Waals surface area contributed by atoms with Gasteiger partial charge in [0, 0.05) is 23.9 Å². The second-order valence-electron chi connectivity index (χ2n) is 4.05. The molecule has 0 aromatic heterocycles. The summed E-state index contributed by atoms with van der Waals surface area (Å²) in [5.74, 6) is -0.582. The van der Waals surface area contributed by atoms with Crippen molar-refractivity contribution in [3.05, 3.63) is 34.1 Å². The number of rotatable bonds is 7. The van der Waals surface area contributed by atoms with Crippen molar-refractivity contribution in [2.24, 2.45) is 0 Å². The zero-order valence-electron chi connectivity index (χ0n) is 11.0. The molecule has 1 aromatic rings. The molecule has 0 saturated heterocycles. The number of nitrogens with one attached hydrogen (secondary N) is 1. The first-order chi connectivity index (χ1) is 9.31. The Bertz CT molecular complexity index is 592. The molecule has 112 valence electrons. The molecule has 0 aliphatic carbocycles. The summed E-state index contributed by atoms with van der Waals surface area (Å²) in [7, 11) is -3.88. The van der Waals surface area contributed by atoms with E-state index in [9.17, 15) is 22.9 Å². The summed E-state index contributed by atoms with van der Waals surface area (Å²) < 4.78 is 40.0. The van der Waals surface area contributed by atoms with Crippen molar-refractivity contribution in [3.63, 3.8) is 0 Å². The van der Waals surface area contributed by atoms with E-state index in [-0.39, 0.29) is 10.9 Å². The van der Waals surface area contributed by atoms with Crippen LogP contribution in [0.3, 0.4) is 0 Å². The van der Waals surface area contributed by atoms with Crippen LogP contribution < -0.4 is 4.72 Å². The van der Waals surface area contributed by atoms with Crippen molar-refractivity contribution in [1.82, 2.24) is 4.72 Å². The van der Waals surface area contributed by atoms with E-state index in [1.54, 1.807) is 0 Å². The largest absolute Gasteiger partial charge is 0.304 e. The van der Waals surface area contributed by atoms with E-state index in [1.165, 1.54) is 11.8 Å². The van der Waals surface area contributed by atoms with Gasteiger partial charge in [-0.15, -0.1) is 0 Å². The van der Waals surface area contributed by atoms with Gasteiger partial charge in [-0.05, 0) is 18.7 Å². The van der Waals surface area contributed by atoms with Crippen molar-refractivity contribution in [1.29, 1.82) is 0 Å². The molecule has 6 nitrogen and oxygen atoms in total. The molecule has 1 rings (SSSR count). The molecule has 0 radical (unpaired) electrons. The summed E-state index contributed by atoms with van der Waals surface area (Å²) >= 11 is 1.49. The van der Waals surface area contributed by atoms with Crippen molar-refractivity contribution < 1.29 is 17.7 Å². The van der Waals surface area contributed by atoms with Crippen LogP contribution in [0.1, 0.15) is 13.3 Å². The number of nitro benzene ring substituents is 1. The summed E-state index contributed by atoms with van der Waals surface area (Å²) in [6, 6.07) is 2.26. The molecule has 0 bridgehead atoms. The van der Waals surface area contributed by atoms with Crippen molar-refractivity contribution in [3.8, 4) is 0 Å². The van der Waals surface area contributed by atoms with E-state index < -0.39 is 26.5 Å². The van der Waals surface area contributed by atoms with E-state index in [0.29, 0.717) is 18.2 Å². The standard InChI is InChI=1S/C11H15FN2O4S2/c1-3-8(7-19-2)13-20(17,18)9-4-5-11(14(15)16)10(12)6-9/h4-6,8,13H,3,7H2,1-2H3. The van der Waals surface area contributed by atoms with Crippen LogP contribution in [0.5, 0.6) is 0 Å². The first-order valence-corrected chi connectivity index (χ1v) is 8.64. The van der Waals surface area contributed by atoms with Gasteiger partial charge < -0.3 is 0 Å². The van der Waals surface area contributed by atoms with Crippen molar-refractivity contribution in [2.45, 2.75) is 24.3 Å². The third-order valence-electron chi connectivity index (χ3n) is 2.61. The van der Waals surface area contributed by atoms with Gasteiger partial charge in [-0.3, -0.25) is 10.1 Å². The first-order valence-electron chi connectivity index (χ1n) is 5.77. The van der Waals surface area contributed by atoms with Gasteiger partial charge in [0.25, 0.3) is 0 Å². The number of hydrogen-bond donors (Lipinski definition) is 1. The van der Waals surface area contributed by atoms with Crippen LogP contribution in [0.2, 0.25) is 0 Å². The molecule has 1 aromatic carbocycles. The number of nitro groups is 1. The quantitative estimate of drug-likeness (QED) is 0.614. The van der Waals surface area contributed by atoms with Crippen LogP contribution in [0.25, 0.3) is 0 Å². The molecule has 0 saturated carbocycles. The van der Waals surface area contributed by atoms with Crippen LogP contribution in [-0.2, 0) is 10.0 Å².